The highest BCUT2D eigenvalue weighted by Crippen LogP contribution is 2.12. The molecule has 1 saturated heterocycles. The van der Waals surface area contributed by atoms with E-state index >= 15 is 0 Å². The molecule has 1 atom stereocenters. The fourth-order valence-electron chi connectivity index (χ4n) is 2.43. The van der Waals surface area contributed by atoms with Gasteiger partial charge in [-0.2, -0.15) is 0 Å². The zero-order valence-electron chi connectivity index (χ0n) is 13.7. The van der Waals surface area contributed by atoms with E-state index in [1.165, 1.54) is 6.42 Å². The van der Waals surface area contributed by atoms with E-state index in [-0.39, 0.29) is 30.1 Å². The number of hydrogen-bond acceptors (Lipinski definition) is 3. The molecule has 0 spiro atoms. The first kappa shape index (κ1) is 19.5. The normalized spacial score (nSPS) is 17.3. The zero-order valence-corrected chi connectivity index (χ0v) is 14.5. The summed E-state index contributed by atoms with van der Waals surface area (Å²) in [5.41, 5.74) is 1.33. The van der Waals surface area contributed by atoms with Crippen LogP contribution in [0.4, 0.5) is 5.69 Å². The van der Waals surface area contributed by atoms with Gasteiger partial charge in [-0.05, 0) is 56.1 Å². The number of amides is 2. The van der Waals surface area contributed by atoms with Gasteiger partial charge >= 0.3 is 0 Å². The topological polar surface area (TPSA) is 70.2 Å². The van der Waals surface area contributed by atoms with Crippen molar-refractivity contribution in [1.82, 2.24) is 10.6 Å². The first-order valence-electron chi connectivity index (χ1n) is 7.96. The van der Waals surface area contributed by atoms with Crippen LogP contribution in [0.3, 0.4) is 0 Å². The van der Waals surface area contributed by atoms with Crippen molar-refractivity contribution < 1.29 is 9.59 Å². The largest absolute Gasteiger partial charge is 0.352 e. The Morgan fingerprint density at radius 1 is 1.26 bits per heavy atom. The highest BCUT2D eigenvalue weighted by molar-refractivity contribution is 5.96. The van der Waals surface area contributed by atoms with Crippen LogP contribution in [0.25, 0.3) is 0 Å². The van der Waals surface area contributed by atoms with Crippen LogP contribution in [0.5, 0.6) is 0 Å². The summed E-state index contributed by atoms with van der Waals surface area (Å²) in [7, 11) is 0. The molecule has 23 heavy (non-hydrogen) atoms. The Labute approximate surface area is 144 Å². The van der Waals surface area contributed by atoms with E-state index in [4.69, 9.17) is 0 Å². The zero-order chi connectivity index (χ0) is 15.9. The van der Waals surface area contributed by atoms with Crippen LogP contribution in [0.15, 0.2) is 24.3 Å². The Balaban J connectivity index is 0.00000264. The van der Waals surface area contributed by atoms with Crippen LogP contribution < -0.4 is 16.0 Å². The number of carbonyl (C=O) groups is 2. The van der Waals surface area contributed by atoms with Crippen molar-refractivity contribution in [3.8, 4) is 0 Å². The molecule has 1 aliphatic rings. The van der Waals surface area contributed by atoms with E-state index in [2.05, 4.69) is 16.0 Å². The Bertz CT molecular complexity index is 511. The molecule has 0 aromatic heterocycles. The standard InChI is InChI=1S/C17H25N3O2.ClH/c1-12(2)16(21)20-15-7-5-14(6-8-15)17(22)19-11-13-4-3-9-18-10-13;/h5-8,12-13,18H,3-4,9-11H2,1-2H3,(H,19,22)(H,20,21);1H. The fraction of sp³-hybridized carbons (Fsp3) is 0.529. The van der Waals surface area contributed by atoms with Crippen molar-refractivity contribution in [2.24, 2.45) is 11.8 Å². The molecular weight excluding hydrogens is 314 g/mol. The smallest absolute Gasteiger partial charge is 0.251 e. The van der Waals surface area contributed by atoms with Gasteiger partial charge in [0.05, 0.1) is 0 Å². The maximum absolute atomic E-state index is 12.1. The van der Waals surface area contributed by atoms with Crippen LogP contribution in [0.1, 0.15) is 37.0 Å². The number of halogens is 1. The number of piperidine rings is 1. The molecule has 1 unspecified atom stereocenters. The minimum absolute atomic E-state index is 0. The van der Waals surface area contributed by atoms with Crippen molar-refractivity contribution in [2.75, 3.05) is 25.0 Å². The lowest BCUT2D eigenvalue weighted by atomic mass is 9.99. The summed E-state index contributed by atoms with van der Waals surface area (Å²) in [6, 6.07) is 7.00. The van der Waals surface area contributed by atoms with Crippen molar-refractivity contribution in [3.63, 3.8) is 0 Å². The van der Waals surface area contributed by atoms with Crippen LogP contribution in [0, 0.1) is 11.8 Å². The second kappa shape index (κ2) is 9.53. The molecule has 2 rings (SSSR count). The van der Waals surface area contributed by atoms with Gasteiger partial charge in [-0.25, -0.2) is 0 Å². The molecule has 5 nitrogen and oxygen atoms in total. The average Bonchev–Trinajstić information content (AvgIpc) is 2.54. The van der Waals surface area contributed by atoms with Crippen molar-refractivity contribution in [2.45, 2.75) is 26.7 Å². The van der Waals surface area contributed by atoms with Crippen LogP contribution in [0.2, 0.25) is 0 Å². The number of benzene rings is 1. The number of anilines is 1. The molecule has 1 heterocycles. The summed E-state index contributed by atoms with van der Waals surface area (Å²) in [6.07, 6.45) is 2.33. The van der Waals surface area contributed by atoms with Crippen molar-refractivity contribution in [1.29, 1.82) is 0 Å². The summed E-state index contributed by atoms with van der Waals surface area (Å²) >= 11 is 0. The van der Waals surface area contributed by atoms with Gasteiger partial charge in [0.25, 0.3) is 5.91 Å². The predicted octanol–water partition coefficient (Wildman–Crippen LogP) is 2.43. The number of carbonyl (C=O) groups excluding carboxylic acids is 2. The van der Waals surface area contributed by atoms with Gasteiger partial charge in [-0.1, -0.05) is 13.8 Å². The van der Waals surface area contributed by atoms with Crippen molar-refractivity contribution >= 4 is 29.9 Å². The third-order valence-corrected chi connectivity index (χ3v) is 3.89. The molecular formula is C17H26ClN3O2. The maximum Gasteiger partial charge on any atom is 0.251 e. The van der Waals surface area contributed by atoms with Gasteiger partial charge < -0.3 is 16.0 Å². The van der Waals surface area contributed by atoms with E-state index in [9.17, 15) is 9.59 Å². The summed E-state index contributed by atoms with van der Waals surface area (Å²) < 4.78 is 0. The number of rotatable bonds is 5. The molecule has 1 fully saturated rings. The molecule has 6 heteroatoms. The highest BCUT2D eigenvalue weighted by Gasteiger charge is 2.14. The Morgan fingerprint density at radius 3 is 2.52 bits per heavy atom. The lowest BCUT2D eigenvalue weighted by Crippen LogP contribution is -2.38. The molecule has 128 valence electrons. The summed E-state index contributed by atoms with van der Waals surface area (Å²) in [4.78, 5) is 23.7. The van der Waals surface area contributed by atoms with E-state index in [1.54, 1.807) is 24.3 Å². The SMILES string of the molecule is CC(C)C(=O)Nc1ccc(C(=O)NCC2CCCNC2)cc1.Cl. The third kappa shape index (κ3) is 6.20. The molecule has 3 N–H and O–H groups in total. The van der Waals surface area contributed by atoms with E-state index in [0.717, 1.165) is 19.5 Å². The second-order valence-corrected chi connectivity index (χ2v) is 6.14. The van der Waals surface area contributed by atoms with Gasteiger partial charge in [0, 0.05) is 23.7 Å². The van der Waals surface area contributed by atoms with Crippen LogP contribution in [-0.2, 0) is 4.79 Å². The molecule has 0 saturated carbocycles. The lowest BCUT2D eigenvalue weighted by molar-refractivity contribution is -0.118. The van der Waals surface area contributed by atoms with E-state index in [0.29, 0.717) is 23.7 Å². The molecule has 1 aromatic rings. The quantitative estimate of drug-likeness (QED) is 0.771. The molecule has 0 aliphatic carbocycles. The number of nitrogens with one attached hydrogen (secondary N) is 3. The maximum atomic E-state index is 12.1. The summed E-state index contributed by atoms with van der Waals surface area (Å²) in [6.45, 7) is 6.45. The van der Waals surface area contributed by atoms with Crippen LogP contribution >= 0.6 is 12.4 Å². The van der Waals surface area contributed by atoms with Gasteiger partial charge in [-0.15, -0.1) is 12.4 Å². The minimum atomic E-state index is -0.0629. The monoisotopic (exact) mass is 339 g/mol. The Morgan fingerprint density at radius 2 is 1.96 bits per heavy atom. The average molecular weight is 340 g/mol. The Hall–Kier alpha value is -1.59. The summed E-state index contributed by atoms with van der Waals surface area (Å²) in [5.74, 6) is 0.365. The van der Waals surface area contributed by atoms with E-state index in [1.807, 2.05) is 13.8 Å². The molecule has 1 aliphatic heterocycles. The predicted molar refractivity (Wildman–Crippen MR) is 95.1 cm³/mol. The van der Waals surface area contributed by atoms with Crippen molar-refractivity contribution in [3.05, 3.63) is 29.8 Å². The Kier molecular flexibility index (Phi) is 8.06. The first-order chi connectivity index (χ1) is 10.6. The molecule has 0 bridgehead atoms. The molecule has 0 radical (unpaired) electrons. The lowest BCUT2D eigenvalue weighted by Gasteiger charge is -2.22. The number of hydrogen-bond donors (Lipinski definition) is 3. The summed E-state index contributed by atoms with van der Waals surface area (Å²) in [5, 5.41) is 9.13. The van der Waals surface area contributed by atoms with E-state index < -0.39 is 0 Å². The second-order valence-electron chi connectivity index (χ2n) is 6.14. The highest BCUT2D eigenvalue weighted by atomic mass is 35.5. The fourth-order valence-corrected chi connectivity index (χ4v) is 2.43. The minimum Gasteiger partial charge on any atom is -0.352 e. The van der Waals surface area contributed by atoms with Gasteiger partial charge in [0.2, 0.25) is 5.91 Å². The van der Waals surface area contributed by atoms with Gasteiger partial charge in [0.15, 0.2) is 0 Å². The third-order valence-electron chi connectivity index (χ3n) is 3.89. The molecule has 2 amide bonds. The van der Waals surface area contributed by atoms with Gasteiger partial charge in [-0.3, -0.25) is 9.59 Å². The van der Waals surface area contributed by atoms with Crippen LogP contribution in [-0.4, -0.2) is 31.4 Å². The first-order valence-corrected chi connectivity index (χ1v) is 7.96. The van der Waals surface area contributed by atoms with Gasteiger partial charge in [0.1, 0.15) is 0 Å². The molecule has 1 aromatic carbocycles.